The summed E-state index contributed by atoms with van der Waals surface area (Å²) in [5.41, 5.74) is 5.35. The molecule has 0 saturated heterocycles. The Kier molecular flexibility index (Phi) is 5.64. The molecule has 34 heavy (non-hydrogen) atoms. The number of nitriles is 1. The van der Waals surface area contributed by atoms with Gasteiger partial charge >= 0.3 is 0 Å². The summed E-state index contributed by atoms with van der Waals surface area (Å²) in [6.45, 7) is 7.42. The molecule has 4 aromatic rings. The van der Waals surface area contributed by atoms with E-state index in [9.17, 15) is 5.26 Å². The predicted octanol–water partition coefficient (Wildman–Crippen LogP) is 7.74. The Morgan fingerprint density at radius 3 is 1.88 bits per heavy atom. The number of anilines is 3. The summed E-state index contributed by atoms with van der Waals surface area (Å²) in [6, 6.07) is 38.0. The van der Waals surface area contributed by atoms with E-state index in [1.54, 1.807) is 6.08 Å². The summed E-state index contributed by atoms with van der Waals surface area (Å²) in [7, 11) is 0. The van der Waals surface area contributed by atoms with Crippen LogP contribution in [0.4, 0.5) is 17.1 Å². The van der Waals surface area contributed by atoms with Crippen molar-refractivity contribution in [3.05, 3.63) is 144 Å². The second-order valence-electron chi connectivity index (χ2n) is 7.65. The van der Waals surface area contributed by atoms with Crippen LogP contribution in [0.1, 0.15) is 11.1 Å². The maximum absolute atomic E-state index is 9.48. The molecule has 4 nitrogen and oxygen atoms in total. The number of hydrogen-bond donors (Lipinski definition) is 0. The van der Waals surface area contributed by atoms with Gasteiger partial charge in [-0.05, 0) is 60.7 Å². The van der Waals surface area contributed by atoms with Gasteiger partial charge in [-0.25, -0.2) is 10.1 Å². The molecule has 4 aromatic carbocycles. The van der Waals surface area contributed by atoms with E-state index in [1.807, 2.05) is 91.0 Å². The molecule has 0 unspecified atom stereocenters. The zero-order valence-electron chi connectivity index (χ0n) is 18.2. The molecular formula is C30H19N3O. The highest BCUT2D eigenvalue weighted by molar-refractivity contribution is 5.91. The molecule has 4 heteroatoms. The zero-order chi connectivity index (χ0) is 23.3. The molecular weight excluding hydrogens is 418 g/mol. The summed E-state index contributed by atoms with van der Waals surface area (Å²) in [5.74, 6) is 1.23. The van der Waals surface area contributed by atoms with Crippen molar-refractivity contribution in [3.63, 3.8) is 0 Å². The van der Waals surface area contributed by atoms with Crippen molar-refractivity contribution in [2.75, 3.05) is 4.90 Å². The molecule has 160 valence electrons. The van der Waals surface area contributed by atoms with E-state index in [1.165, 1.54) is 0 Å². The standard InChI is InChI=1S/C30H19N3O/c1-32-28(21-31)27-20-30(34-29-15-9-8-14-26(27)29)22-16-18-25(19-17-22)33(23-10-4-2-5-11-23)24-12-6-3-7-13-24/h2-20H/b28-27-. The van der Waals surface area contributed by atoms with E-state index in [-0.39, 0.29) is 5.70 Å². The van der Waals surface area contributed by atoms with Crippen LogP contribution in [0.5, 0.6) is 5.75 Å². The number of hydrogen-bond acceptors (Lipinski definition) is 3. The van der Waals surface area contributed by atoms with Crippen molar-refractivity contribution in [2.45, 2.75) is 0 Å². The first-order valence-electron chi connectivity index (χ1n) is 10.8. The van der Waals surface area contributed by atoms with Crippen molar-refractivity contribution in [1.29, 1.82) is 5.26 Å². The Bertz CT molecular complexity index is 1420. The fraction of sp³-hybridized carbons (Fsp3) is 0. The highest BCUT2D eigenvalue weighted by atomic mass is 16.5. The van der Waals surface area contributed by atoms with Gasteiger partial charge in [-0.1, -0.05) is 54.6 Å². The second-order valence-corrected chi connectivity index (χ2v) is 7.65. The SMILES string of the molecule is [C-]#[N+]/C(C#N)=C1/C=C(c2ccc(N(c3ccccc3)c3ccccc3)cc2)Oc2ccccc21. The minimum atomic E-state index is 0.0456. The number of para-hydroxylation sites is 3. The van der Waals surface area contributed by atoms with Crippen molar-refractivity contribution in [1.82, 2.24) is 0 Å². The number of rotatable bonds is 4. The van der Waals surface area contributed by atoms with Crippen molar-refractivity contribution in [2.24, 2.45) is 0 Å². The molecule has 1 aliphatic rings. The third-order valence-corrected chi connectivity index (χ3v) is 5.58. The second kappa shape index (κ2) is 9.20. The van der Waals surface area contributed by atoms with Gasteiger partial charge in [0.1, 0.15) is 11.5 Å². The Hall–Kier alpha value is -5.06. The molecule has 0 radical (unpaired) electrons. The van der Waals surface area contributed by atoms with Gasteiger partial charge in [0.2, 0.25) is 0 Å². The Morgan fingerprint density at radius 2 is 1.29 bits per heavy atom. The van der Waals surface area contributed by atoms with Gasteiger partial charge in [-0.2, -0.15) is 0 Å². The van der Waals surface area contributed by atoms with Crippen LogP contribution in [0.2, 0.25) is 0 Å². The van der Waals surface area contributed by atoms with Gasteiger partial charge in [-0.3, -0.25) is 0 Å². The lowest BCUT2D eigenvalue weighted by Crippen LogP contribution is -2.10. The van der Waals surface area contributed by atoms with Gasteiger partial charge in [0.05, 0.1) is 12.6 Å². The molecule has 1 aliphatic heterocycles. The molecule has 0 saturated carbocycles. The number of benzene rings is 4. The molecule has 0 N–H and O–H groups in total. The third-order valence-electron chi connectivity index (χ3n) is 5.58. The minimum absolute atomic E-state index is 0.0456. The maximum atomic E-state index is 9.48. The smallest absolute Gasteiger partial charge is 0.269 e. The monoisotopic (exact) mass is 437 g/mol. The first-order chi connectivity index (χ1) is 16.8. The van der Waals surface area contributed by atoms with Crippen LogP contribution in [0.15, 0.2) is 121 Å². The lowest BCUT2D eigenvalue weighted by atomic mass is 9.98. The average Bonchev–Trinajstić information content (AvgIpc) is 2.91. The van der Waals surface area contributed by atoms with Crippen LogP contribution >= 0.6 is 0 Å². The molecule has 0 spiro atoms. The number of nitrogens with zero attached hydrogens (tertiary/aromatic N) is 3. The zero-order valence-corrected chi connectivity index (χ0v) is 18.2. The molecule has 0 atom stereocenters. The van der Waals surface area contributed by atoms with Crippen molar-refractivity contribution in [3.8, 4) is 11.8 Å². The Balaban J connectivity index is 1.56. The van der Waals surface area contributed by atoms with Gasteiger partial charge in [0.15, 0.2) is 0 Å². The fourth-order valence-corrected chi connectivity index (χ4v) is 3.99. The van der Waals surface area contributed by atoms with Crippen LogP contribution in [-0.4, -0.2) is 0 Å². The summed E-state index contributed by atoms with van der Waals surface area (Å²) < 4.78 is 6.16. The normalized spacial score (nSPS) is 13.4. The lowest BCUT2D eigenvalue weighted by Gasteiger charge is -2.26. The fourth-order valence-electron chi connectivity index (χ4n) is 3.99. The minimum Gasteiger partial charge on any atom is -0.456 e. The molecule has 0 fully saturated rings. The highest BCUT2D eigenvalue weighted by Gasteiger charge is 2.21. The number of ether oxygens (including phenoxy) is 1. The Labute approximate surface area is 198 Å². The van der Waals surface area contributed by atoms with Gasteiger partial charge in [-0.15, -0.1) is 0 Å². The van der Waals surface area contributed by atoms with Gasteiger partial charge in [0.25, 0.3) is 5.70 Å². The largest absolute Gasteiger partial charge is 0.456 e. The highest BCUT2D eigenvalue weighted by Crippen LogP contribution is 2.40. The molecule has 0 amide bonds. The van der Waals surface area contributed by atoms with Crippen LogP contribution in [0.25, 0.3) is 16.2 Å². The third kappa shape index (κ3) is 3.93. The van der Waals surface area contributed by atoms with E-state index >= 15 is 0 Å². The summed E-state index contributed by atoms with van der Waals surface area (Å²) >= 11 is 0. The molecule has 0 aromatic heterocycles. The van der Waals surface area contributed by atoms with Crippen LogP contribution in [0.3, 0.4) is 0 Å². The molecule has 0 aliphatic carbocycles. The van der Waals surface area contributed by atoms with E-state index in [4.69, 9.17) is 11.3 Å². The summed E-state index contributed by atoms with van der Waals surface area (Å²) in [4.78, 5) is 5.61. The first kappa shape index (κ1) is 20.8. The van der Waals surface area contributed by atoms with E-state index in [0.29, 0.717) is 17.1 Å². The topological polar surface area (TPSA) is 40.6 Å². The van der Waals surface area contributed by atoms with Crippen LogP contribution in [0, 0.1) is 17.9 Å². The number of fused-ring (bicyclic) bond motifs is 1. The summed E-state index contributed by atoms with van der Waals surface area (Å²) in [6.07, 6.45) is 1.78. The van der Waals surface area contributed by atoms with E-state index < -0.39 is 0 Å². The predicted molar refractivity (Wildman–Crippen MR) is 135 cm³/mol. The maximum Gasteiger partial charge on any atom is 0.269 e. The van der Waals surface area contributed by atoms with E-state index in [0.717, 1.165) is 28.2 Å². The quantitative estimate of drug-likeness (QED) is 0.242. The summed E-state index contributed by atoms with van der Waals surface area (Å²) in [5, 5.41) is 9.48. The van der Waals surface area contributed by atoms with Gasteiger partial charge in [0, 0.05) is 33.8 Å². The van der Waals surface area contributed by atoms with Crippen molar-refractivity contribution >= 4 is 28.4 Å². The first-order valence-corrected chi connectivity index (χ1v) is 10.8. The van der Waals surface area contributed by atoms with Crippen LogP contribution in [-0.2, 0) is 0 Å². The average molecular weight is 438 g/mol. The lowest BCUT2D eigenvalue weighted by molar-refractivity contribution is 0.509. The van der Waals surface area contributed by atoms with Crippen LogP contribution < -0.4 is 9.64 Å². The molecule has 5 rings (SSSR count). The molecule has 1 heterocycles. The number of allylic oxidation sites excluding steroid dienone is 3. The van der Waals surface area contributed by atoms with Crippen molar-refractivity contribution < 1.29 is 4.74 Å². The van der Waals surface area contributed by atoms with Gasteiger partial charge < -0.3 is 9.64 Å². The Morgan fingerprint density at radius 1 is 0.735 bits per heavy atom. The molecule has 0 bridgehead atoms. The van der Waals surface area contributed by atoms with E-state index in [2.05, 4.69) is 34.0 Å².